The molecule has 0 radical (unpaired) electrons. The number of nitrogens with one attached hydrogen (secondary N) is 4. The fourth-order valence-corrected chi connectivity index (χ4v) is 5.46. The van der Waals surface area contributed by atoms with Crippen LogP contribution < -0.4 is 31.3 Å². The van der Waals surface area contributed by atoms with Gasteiger partial charge in [0.25, 0.3) is 0 Å². The zero-order valence-corrected chi connectivity index (χ0v) is 25.9. The molecule has 4 aromatic rings. The minimum absolute atomic E-state index is 0.0497. The second kappa shape index (κ2) is 15.9. The molecular formula is C32H43N9O4. The average molecular weight is 618 g/mol. The molecule has 1 saturated heterocycles. The molecule has 0 aliphatic carbocycles. The third kappa shape index (κ3) is 8.73. The Labute approximate surface area is 263 Å². The lowest BCUT2D eigenvalue weighted by atomic mass is 9.96. The second-order valence-electron chi connectivity index (χ2n) is 11.0. The number of methoxy groups -OCH3 is 1. The van der Waals surface area contributed by atoms with Crippen LogP contribution >= 0.6 is 0 Å². The predicted molar refractivity (Wildman–Crippen MR) is 175 cm³/mol. The number of aromatic amines is 1. The largest absolute Gasteiger partial charge is 0.497 e. The molecule has 1 amide bonds. The molecule has 2 aromatic carbocycles. The van der Waals surface area contributed by atoms with Crippen molar-refractivity contribution in [1.29, 1.82) is 0 Å². The number of hydrogen-bond acceptors (Lipinski definition) is 11. The molecule has 45 heavy (non-hydrogen) atoms. The first kappa shape index (κ1) is 31.8. The molecule has 0 spiro atoms. The fourth-order valence-electron chi connectivity index (χ4n) is 5.46. The standard InChI is InChI=1S/C32H43N9O4/c1-3-26-29(34-17-24(19-44-20-33)38-32(42)45-18-23-7-5-4-6-8-23)36-21-37-30(26)41-13-11-22(12-14-41)16-35-31-39-27-10-9-25(43-2)15-28(27)40-31/h4-10,15,21-22,24H,3,11-14,16-20,33H2,1-2H3,(H,38,42)(H,34,36,37)(H2,35,39,40)/t24-/m0/s1. The first-order chi connectivity index (χ1) is 22.1. The molecule has 6 N–H and O–H groups in total. The maximum Gasteiger partial charge on any atom is 0.407 e. The van der Waals surface area contributed by atoms with Crippen LogP contribution in [0.25, 0.3) is 11.0 Å². The summed E-state index contributed by atoms with van der Waals surface area (Å²) in [5.74, 6) is 3.78. The van der Waals surface area contributed by atoms with Crippen LogP contribution in [0.15, 0.2) is 54.9 Å². The van der Waals surface area contributed by atoms with Crippen molar-refractivity contribution in [2.75, 3.05) is 62.2 Å². The summed E-state index contributed by atoms with van der Waals surface area (Å²) in [7, 11) is 1.66. The van der Waals surface area contributed by atoms with Crippen molar-refractivity contribution in [3.05, 3.63) is 66.0 Å². The van der Waals surface area contributed by atoms with Crippen molar-refractivity contribution < 1.29 is 19.0 Å². The monoisotopic (exact) mass is 617 g/mol. The molecular weight excluding hydrogens is 574 g/mol. The number of amides is 1. The van der Waals surface area contributed by atoms with Crippen molar-refractivity contribution in [1.82, 2.24) is 25.3 Å². The van der Waals surface area contributed by atoms with Crippen molar-refractivity contribution in [3.63, 3.8) is 0 Å². The van der Waals surface area contributed by atoms with E-state index in [0.717, 1.165) is 84.4 Å². The summed E-state index contributed by atoms with van der Waals surface area (Å²) >= 11 is 0. The number of alkyl carbamates (subject to hydrolysis) is 1. The minimum Gasteiger partial charge on any atom is -0.497 e. The highest BCUT2D eigenvalue weighted by Crippen LogP contribution is 2.29. The van der Waals surface area contributed by atoms with Crippen LogP contribution in [0.1, 0.15) is 30.9 Å². The lowest BCUT2D eigenvalue weighted by Gasteiger charge is -2.34. The molecule has 0 bridgehead atoms. The van der Waals surface area contributed by atoms with Crippen molar-refractivity contribution in [2.24, 2.45) is 11.7 Å². The molecule has 1 aliphatic rings. The third-order valence-corrected chi connectivity index (χ3v) is 7.92. The van der Waals surface area contributed by atoms with Gasteiger partial charge in [0.15, 0.2) is 0 Å². The van der Waals surface area contributed by atoms with E-state index in [1.807, 2.05) is 48.5 Å². The molecule has 1 fully saturated rings. The summed E-state index contributed by atoms with van der Waals surface area (Å²) < 4.78 is 16.1. The highest BCUT2D eigenvalue weighted by molar-refractivity contribution is 5.79. The maximum atomic E-state index is 12.5. The van der Waals surface area contributed by atoms with Gasteiger partial charge in [-0.05, 0) is 42.9 Å². The minimum atomic E-state index is -0.525. The molecule has 13 nitrogen and oxygen atoms in total. The zero-order chi connectivity index (χ0) is 31.4. The quantitative estimate of drug-likeness (QED) is 0.123. The Morgan fingerprint density at radius 2 is 1.96 bits per heavy atom. The molecule has 1 atom stereocenters. The van der Waals surface area contributed by atoms with Gasteiger partial charge in [0.2, 0.25) is 5.95 Å². The second-order valence-corrected chi connectivity index (χ2v) is 11.0. The van der Waals surface area contributed by atoms with E-state index in [1.165, 1.54) is 0 Å². The number of imidazole rings is 1. The summed E-state index contributed by atoms with van der Waals surface area (Å²) in [4.78, 5) is 32.0. The maximum absolute atomic E-state index is 12.5. The number of benzene rings is 2. The third-order valence-electron chi connectivity index (χ3n) is 7.92. The molecule has 0 unspecified atom stereocenters. The number of rotatable bonds is 15. The van der Waals surface area contributed by atoms with Crippen LogP contribution in [0, 0.1) is 5.92 Å². The summed E-state index contributed by atoms with van der Waals surface area (Å²) in [5, 5.41) is 9.75. The first-order valence-electron chi connectivity index (χ1n) is 15.4. The van der Waals surface area contributed by atoms with Crippen LogP contribution in [-0.4, -0.2) is 78.7 Å². The Bertz CT molecular complexity index is 1510. The van der Waals surface area contributed by atoms with Gasteiger partial charge in [-0.2, -0.15) is 0 Å². The molecule has 5 rings (SSSR count). The highest BCUT2D eigenvalue weighted by Gasteiger charge is 2.24. The Kier molecular flexibility index (Phi) is 11.2. The van der Waals surface area contributed by atoms with Crippen LogP contribution in [0.2, 0.25) is 0 Å². The number of carbonyl (C=O) groups excluding carboxylic acids is 1. The first-order valence-corrected chi connectivity index (χ1v) is 15.4. The van der Waals surface area contributed by atoms with Gasteiger partial charge >= 0.3 is 6.09 Å². The lowest BCUT2D eigenvalue weighted by molar-refractivity contribution is 0.104. The summed E-state index contributed by atoms with van der Waals surface area (Å²) in [5.41, 5.74) is 9.36. The number of aromatic nitrogens is 4. The van der Waals surface area contributed by atoms with Gasteiger partial charge in [0.05, 0.1) is 37.5 Å². The molecule has 3 heterocycles. The Morgan fingerprint density at radius 3 is 2.71 bits per heavy atom. The van der Waals surface area contributed by atoms with E-state index in [2.05, 4.69) is 47.7 Å². The van der Waals surface area contributed by atoms with Gasteiger partial charge in [-0.25, -0.2) is 19.7 Å². The van der Waals surface area contributed by atoms with Gasteiger partial charge in [0.1, 0.15) is 30.3 Å². The SMILES string of the molecule is CCc1c(NC[C@@H](COCN)NC(=O)OCc2ccccc2)ncnc1N1CCC(CNc2nc3ccc(OC)cc3[nH]2)CC1. The number of anilines is 3. The van der Waals surface area contributed by atoms with Gasteiger partial charge in [-0.3, -0.25) is 0 Å². The Morgan fingerprint density at radius 1 is 1.13 bits per heavy atom. The van der Waals surface area contributed by atoms with E-state index < -0.39 is 6.09 Å². The molecule has 1 aliphatic heterocycles. The van der Waals surface area contributed by atoms with E-state index in [-0.39, 0.29) is 26.0 Å². The van der Waals surface area contributed by atoms with Crippen LogP contribution in [0.4, 0.5) is 22.4 Å². The number of piperidine rings is 1. The molecule has 13 heteroatoms. The fraction of sp³-hybridized carbons (Fsp3) is 0.438. The number of nitrogens with two attached hydrogens (primary N) is 1. The number of fused-ring (bicyclic) bond motifs is 1. The average Bonchev–Trinajstić information content (AvgIpc) is 3.50. The van der Waals surface area contributed by atoms with E-state index >= 15 is 0 Å². The normalized spacial score (nSPS) is 14.2. The smallest absolute Gasteiger partial charge is 0.407 e. The highest BCUT2D eigenvalue weighted by atomic mass is 16.5. The molecule has 240 valence electrons. The van der Waals surface area contributed by atoms with Gasteiger partial charge < -0.3 is 45.8 Å². The Hall–Kier alpha value is -4.62. The van der Waals surface area contributed by atoms with E-state index in [4.69, 9.17) is 19.9 Å². The van der Waals surface area contributed by atoms with E-state index in [0.29, 0.717) is 12.5 Å². The topological polar surface area (TPSA) is 165 Å². The van der Waals surface area contributed by atoms with Gasteiger partial charge in [0, 0.05) is 37.8 Å². The van der Waals surface area contributed by atoms with Crippen molar-refractivity contribution in [3.8, 4) is 5.75 Å². The van der Waals surface area contributed by atoms with Gasteiger partial charge in [-0.15, -0.1) is 0 Å². The molecule has 0 saturated carbocycles. The number of carbonyl (C=O) groups is 1. The zero-order valence-electron chi connectivity index (χ0n) is 25.9. The molecule has 2 aromatic heterocycles. The Balaban J connectivity index is 1.13. The number of hydrogen-bond donors (Lipinski definition) is 5. The number of H-pyrrole nitrogens is 1. The summed E-state index contributed by atoms with van der Waals surface area (Å²) in [6.07, 6.45) is 3.89. The van der Waals surface area contributed by atoms with Crippen LogP contribution in [0.5, 0.6) is 5.75 Å². The lowest BCUT2D eigenvalue weighted by Crippen LogP contribution is -2.43. The van der Waals surface area contributed by atoms with Crippen molar-refractivity contribution in [2.45, 2.75) is 38.8 Å². The predicted octanol–water partition coefficient (Wildman–Crippen LogP) is 3.89. The van der Waals surface area contributed by atoms with Crippen molar-refractivity contribution >= 4 is 34.7 Å². The van der Waals surface area contributed by atoms with E-state index in [9.17, 15) is 4.79 Å². The van der Waals surface area contributed by atoms with E-state index in [1.54, 1.807) is 13.4 Å². The summed E-state index contributed by atoms with van der Waals surface area (Å²) in [6.45, 7) is 5.58. The van der Waals surface area contributed by atoms with Crippen LogP contribution in [0.3, 0.4) is 0 Å². The van der Waals surface area contributed by atoms with Gasteiger partial charge in [-0.1, -0.05) is 37.3 Å². The summed E-state index contributed by atoms with van der Waals surface area (Å²) in [6, 6.07) is 15.0. The number of nitrogens with zero attached hydrogens (tertiary/aromatic N) is 4. The van der Waals surface area contributed by atoms with Crippen LogP contribution in [-0.2, 0) is 22.5 Å². The number of ether oxygens (including phenoxy) is 3.